The first-order chi connectivity index (χ1) is 9.20. The number of hydrogen-bond donors (Lipinski definition) is 1. The summed E-state index contributed by atoms with van der Waals surface area (Å²) in [4.78, 5) is 4.43. The zero-order chi connectivity index (χ0) is 13.3. The minimum Gasteiger partial charge on any atom is -0.338 e. The number of aromatic nitrogens is 2. The van der Waals surface area contributed by atoms with E-state index in [2.05, 4.69) is 53.1 Å². The second kappa shape index (κ2) is 4.82. The van der Waals surface area contributed by atoms with Gasteiger partial charge < -0.3 is 9.88 Å². The fourth-order valence-electron chi connectivity index (χ4n) is 2.85. The Bertz CT molecular complexity index is 550. The van der Waals surface area contributed by atoms with Gasteiger partial charge in [0.2, 0.25) is 0 Å². The second-order valence-electron chi connectivity index (χ2n) is 5.70. The van der Waals surface area contributed by atoms with Crippen LogP contribution in [0.25, 0.3) is 0 Å². The lowest BCUT2D eigenvalue weighted by Crippen LogP contribution is -2.57. The van der Waals surface area contributed by atoms with Crippen molar-refractivity contribution in [3.8, 4) is 0 Å². The second-order valence-corrected chi connectivity index (χ2v) is 5.70. The van der Waals surface area contributed by atoms with Gasteiger partial charge in [0.05, 0.1) is 0 Å². The van der Waals surface area contributed by atoms with Crippen molar-refractivity contribution < 1.29 is 0 Å². The van der Waals surface area contributed by atoms with E-state index >= 15 is 0 Å². The standard InChI is InChI=1S/C16H21N3/c1-13-3-5-14(6-4-13)16(11-17-12-16)8-7-15-18-9-10-19(15)2/h3-6,9-10,17H,7-8,11-12H2,1-2H3. The summed E-state index contributed by atoms with van der Waals surface area (Å²) in [6.07, 6.45) is 6.10. The number of imidazole rings is 1. The summed E-state index contributed by atoms with van der Waals surface area (Å²) in [5, 5.41) is 3.43. The quantitative estimate of drug-likeness (QED) is 0.907. The fourth-order valence-corrected chi connectivity index (χ4v) is 2.85. The molecule has 2 heterocycles. The molecule has 1 aliphatic rings. The van der Waals surface area contributed by atoms with Crippen molar-refractivity contribution in [2.24, 2.45) is 7.05 Å². The molecule has 1 N–H and O–H groups in total. The van der Waals surface area contributed by atoms with Crippen LogP contribution in [0.2, 0.25) is 0 Å². The molecule has 1 saturated heterocycles. The van der Waals surface area contributed by atoms with E-state index in [1.54, 1.807) is 0 Å². The van der Waals surface area contributed by atoms with Gasteiger partial charge in [-0.15, -0.1) is 0 Å². The Morgan fingerprint density at radius 1 is 1.26 bits per heavy atom. The Balaban J connectivity index is 1.76. The molecule has 3 rings (SSSR count). The Kier molecular flexibility index (Phi) is 3.15. The van der Waals surface area contributed by atoms with Gasteiger partial charge in [0.25, 0.3) is 0 Å². The molecule has 0 aliphatic carbocycles. The number of hydrogen-bond acceptors (Lipinski definition) is 2. The zero-order valence-corrected chi connectivity index (χ0v) is 11.7. The topological polar surface area (TPSA) is 29.9 Å². The Morgan fingerprint density at radius 3 is 2.53 bits per heavy atom. The van der Waals surface area contributed by atoms with Crippen molar-refractivity contribution in [2.75, 3.05) is 13.1 Å². The Labute approximate surface area is 114 Å². The summed E-state index contributed by atoms with van der Waals surface area (Å²) in [5.74, 6) is 1.18. The lowest BCUT2D eigenvalue weighted by Gasteiger charge is -2.43. The average Bonchev–Trinajstić information content (AvgIpc) is 2.76. The van der Waals surface area contributed by atoms with Crippen molar-refractivity contribution in [1.82, 2.24) is 14.9 Å². The van der Waals surface area contributed by atoms with Crippen LogP contribution in [0.1, 0.15) is 23.4 Å². The van der Waals surface area contributed by atoms with E-state index in [1.165, 1.54) is 17.0 Å². The van der Waals surface area contributed by atoms with Gasteiger partial charge in [-0.1, -0.05) is 29.8 Å². The van der Waals surface area contributed by atoms with Crippen molar-refractivity contribution in [3.63, 3.8) is 0 Å². The fraction of sp³-hybridized carbons (Fsp3) is 0.438. The largest absolute Gasteiger partial charge is 0.338 e. The summed E-state index contributed by atoms with van der Waals surface area (Å²) in [6, 6.07) is 9.01. The van der Waals surface area contributed by atoms with Gasteiger partial charge in [0.1, 0.15) is 5.82 Å². The molecule has 1 aromatic carbocycles. The summed E-state index contributed by atoms with van der Waals surface area (Å²) >= 11 is 0. The molecule has 3 nitrogen and oxygen atoms in total. The molecule has 19 heavy (non-hydrogen) atoms. The molecular formula is C16H21N3. The first-order valence-electron chi connectivity index (χ1n) is 6.94. The van der Waals surface area contributed by atoms with E-state index in [4.69, 9.17) is 0 Å². The third-order valence-electron chi connectivity index (χ3n) is 4.34. The minimum absolute atomic E-state index is 0.305. The molecule has 1 aliphatic heterocycles. The molecule has 0 spiro atoms. The van der Waals surface area contributed by atoms with Crippen molar-refractivity contribution in [3.05, 3.63) is 53.6 Å². The molecule has 100 valence electrons. The van der Waals surface area contributed by atoms with Gasteiger partial charge in [-0.3, -0.25) is 0 Å². The molecule has 0 atom stereocenters. The van der Waals surface area contributed by atoms with Crippen LogP contribution in [0.5, 0.6) is 0 Å². The maximum atomic E-state index is 4.43. The van der Waals surface area contributed by atoms with E-state index in [9.17, 15) is 0 Å². The van der Waals surface area contributed by atoms with Crippen LogP contribution >= 0.6 is 0 Å². The molecule has 1 aromatic heterocycles. The first-order valence-corrected chi connectivity index (χ1v) is 6.94. The van der Waals surface area contributed by atoms with Gasteiger partial charge in [-0.05, 0) is 18.9 Å². The highest BCUT2D eigenvalue weighted by Crippen LogP contribution is 2.33. The average molecular weight is 255 g/mol. The predicted octanol–water partition coefficient (Wildman–Crippen LogP) is 2.20. The molecule has 1 fully saturated rings. The molecule has 3 heteroatoms. The van der Waals surface area contributed by atoms with Gasteiger partial charge in [0, 0.05) is 44.4 Å². The smallest absolute Gasteiger partial charge is 0.108 e. The van der Waals surface area contributed by atoms with Crippen LogP contribution < -0.4 is 5.32 Å². The molecule has 0 unspecified atom stereocenters. The van der Waals surface area contributed by atoms with E-state index in [1.807, 2.05) is 12.4 Å². The molecule has 0 amide bonds. The highest BCUT2D eigenvalue weighted by Gasteiger charge is 2.38. The number of nitrogens with zero attached hydrogens (tertiary/aromatic N) is 2. The first kappa shape index (κ1) is 12.4. The van der Waals surface area contributed by atoms with E-state index in [-0.39, 0.29) is 0 Å². The normalized spacial score (nSPS) is 17.2. The van der Waals surface area contributed by atoms with Gasteiger partial charge in [0.15, 0.2) is 0 Å². The highest BCUT2D eigenvalue weighted by atomic mass is 15.0. The summed E-state index contributed by atoms with van der Waals surface area (Å²) < 4.78 is 2.12. The molecule has 0 bridgehead atoms. The molecule has 0 radical (unpaired) electrons. The van der Waals surface area contributed by atoms with Gasteiger partial charge >= 0.3 is 0 Å². The summed E-state index contributed by atoms with van der Waals surface area (Å²) in [5.41, 5.74) is 3.10. The van der Waals surface area contributed by atoms with Crippen molar-refractivity contribution >= 4 is 0 Å². The number of nitrogens with one attached hydrogen (secondary N) is 1. The van der Waals surface area contributed by atoms with E-state index < -0.39 is 0 Å². The lowest BCUT2D eigenvalue weighted by molar-refractivity contribution is 0.256. The molecule has 2 aromatic rings. The van der Waals surface area contributed by atoms with Gasteiger partial charge in [-0.25, -0.2) is 4.98 Å². The maximum Gasteiger partial charge on any atom is 0.108 e. The zero-order valence-electron chi connectivity index (χ0n) is 11.7. The van der Waals surface area contributed by atoms with Crippen LogP contribution in [0.15, 0.2) is 36.7 Å². The summed E-state index contributed by atoms with van der Waals surface area (Å²) in [7, 11) is 2.07. The van der Waals surface area contributed by atoms with Crippen LogP contribution in [0.4, 0.5) is 0 Å². The predicted molar refractivity (Wildman–Crippen MR) is 77.3 cm³/mol. The number of rotatable bonds is 4. The van der Waals surface area contributed by atoms with E-state index in [0.29, 0.717) is 5.41 Å². The third kappa shape index (κ3) is 2.30. The Hall–Kier alpha value is -1.61. The van der Waals surface area contributed by atoms with Crippen molar-refractivity contribution in [2.45, 2.75) is 25.2 Å². The monoisotopic (exact) mass is 255 g/mol. The van der Waals surface area contributed by atoms with Crippen LogP contribution in [0.3, 0.4) is 0 Å². The minimum atomic E-state index is 0.305. The molecular weight excluding hydrogens is 234 g/mol. The third-order valence-corrected chi connectivity index (χ3v) is 4.34. The Morgan fingerprint density at radius 2 is 2.00 bits per heavy atom. The van der Waals surface area contributed by atoms with Crippen LogP contribution in [0, 0.1) is 6.92 Å². The lowest BCUT2D eigenvalue weighted by atomic mass is 9.71. The number of benzene rings is 1. The van der Waals surface area contributed by atoms with Crippen molar-refractivity contribution in [1.29, 1.82) is 0 Å². The number of aryl methyl sites for hydroxylation is 3. The van der Waals surface area contributed by atoms with Gasteiger partial charge in [-0.2, -0.15) is 0 Å². The van der Waals surface area contributed by atoms with E-state index in [0.717, 1.165) is 25.9 Å². The van der Waals surface area contributed by atoms with Crippen LogP contribution in [-0.2, 0) is 18.9 Å². The maximum absolute atomic E-state index is 4.43. The highest BCUT2D eigenvalue weighted by molar-refractivity contribution is 5.32. The SMILES string of the molecule is Cc1ccc(C2(CCc3nccn3C)CNC2)cc1. The molecule has 0 saturated carbocycles. The summed E-state index contributed by atoms with van der Waals surface area (Å²) in [6.45, 7) is 4.31. The van der Waals surface area contributed by atoms with Crippen LogP contribution in [-0.4, -0.2) is 22.6 Å².